The van der Waals surface area contributed by atoms with Gasteiger partial charge in [-0.3, -0.25) is 5.32 Å². The van der Waals surface area contributed by atoms with Crippen LogP contribution in [0.1, 0.15) is 25.7 Å². The van der Waals surface area contributed by atoms with Gasteiger partial charge in [0.1, 0.15) is 5.51 Å². The van der Waals surface area contributed by atoms with Gasteiger partial charge in [-0.2, -0.15) is 0 Å². The summed E-state index contributed by atoms with van der Waals surface area (Å²) in [6, 6.07) is -0.0475. The summed E-state index contributed by atoms with van der Waals surface area (Å²) >= 11 is 1.34. The average Bonchev–Trinajstić information content (AvgIpc) is 2.58. The minimum atomic E-state index is -0.0475. The van der Waals surface area contributed by atoms with E-state index in [1.807, 2.05) is 4.90 Å². The molecular formula is C9H14N4OS. The molecule has 0 saturated carbocycles. The number of hydrogen-bond acceptors (Lipinski definition) is 4. The highest BCUT2D eigenvalue weighted by Gasteiger charge is 2.15. The Balaban J connectivity index is 1.89. The fourth-order valence-corrected chi connectivity index (χ4v) is 2.11. The van der Waals surface area contributed by atoms with Gasteiger partial charge in [0.2, 0.25) is 5.13 Å². The molecule has 0 aliphatic carbocycles. The van der Waals surface area contributed by atoms with Crippen LogP contribution in [0.15, 0.2) is 5.51 Å². The molecule has 1 saturated heterocycles. The lowest BCUT2D eigenvalue weighted by Crippen LogP contribution is -2.35. The van der Waals surface area contributed by atoms with E-state index >= 15 is 0 Å². The van der Waals surface area contributed by atoms with Gasteiger partial charge in [-0.1, -0.05) is 24.2 Å². The summed E-state index contributed by atoms with van der Waals surface area (Å²) in [5.41, 5.74) is 1.61. The number of anilines is 1. The molecule has 15 heavy (non-hydrogen) atoms. The van der Waals surface area contributed by atoms with Crippen molar-refractivity contribution in [3.05, 3.63) is 5.51 Å². The van der Waals surface area contributed by atoms with E-state index in [1.165, 1.54) is 24.2 Å². The zero-order valence-corrected chi connectivity index (χ0v) is 9.29. The lowest BCUT2D eigenvalue weighted by Gasteiger charge is -2.19. The third-order valence-electron chi connectivity index (χ3n) is 2.47. The number of aromatic nitrogens is 2. The summed E-state index contributed by atoms with van der Waals surface area (Å²) in [5, 5.41) is 10.8. The first-order valence-corrected chi connectivity index (χ1v) is 6.06. The quantitative estimate of drug-likeness (QED) is 0.796. The van der Waals surface area contributed by atoms with E-state index < -0.39 is 0 Å². The molecule has 1 aromatic heterocycles. The van der Waals surface area contributed by atoms with Crippen molar-refractivity contribution >= 4 is 22.5 Å². The Morgan fingerprint density at radius 3 is 2.67 bits per heavy atom. The number of hydrogen-bond donors (Lipinski definition) is 1. The third-order valence-corrected chi connectivity index (χ3v) is 3.07. The van der Waals surface area contributed by atoms with Gasteiger partial charge in [-0.25, -0.2) is 4.79 Å². The first kappa shape index (κ1) is 10.4. The lowest BCUT2D eigenvalue weighted by molar-refractivity contribution is 0.213. The zero-order chi connectivity index (χ0) is 10.5. The van der Waals surface area contributed by atoms with E-state index in [0.717, 1.165) is 25.9 Å². The number of amides is 2. The van der Waals surface area contributed by atoms with Gasteiger partial charge in [-0.05, 0) is 12.8 Å². The maximum atomic E-state index is 11.8. The summed E-state index contributed by atoms with van der Waals surface area (Å²) < 4.78 is 0. The molecule has 1 aliphatic rings. The highest BCUT2D eigenvalue weighted by atomic mass is 32.1. The summed E-state index contributed by atoms with van der Waals surface area (Å²) in [6.07, 6.45) is 4.65. The van der Waals surface area contributed by atoms with Crippen molar-refractivity contribution in [2.75, 3.05) is 18.4 Å². The van der Waals surface area contributed by atoms with Crippen LogP contribution in [0.3, 0.4) is 0 Å². The molecule has 2 amide bonds. The van der Waals surface area contributed by atoms with E-state index in [4.69, 9.17) is 0 Å². The molecule has 0 bridgehead atoms. The van der Waals surface area contributed by atoms with Crippen LogP contribution in [0.5, 0.6) is 0 Å². The fraction of sp³-hybridized carbons (Fsp3) is 0.667. The van der Waals surface area contributed by atoms with Crippen molar-refractivity contribution in [2.24, 2.45) is 0 Å². The summed E-state index contributed by atoms with van der Waals surface area (Å²) in [5.74, 6) is 0. The number of rotatable bonds is 1. The molecule has 0 atom stereocenters. The van der Waals surface area contributed by atoms with E-state index in [1.54, 1.807) is 5.51 Å². The number of likely N-dealkylation sites (tertiary alicyclic amines) is 1. The van der Waals surface area contributed by atoms with Gasteiger partial charge in [0.15, 0.2) is 0 Å². The first-order chi connectivity index (χ1) is 7.36. The zero-order valence-electron chi connectivity index (χ0n) is 8.48. The second-order valence-corrected chi connectivity index (χ2v) is 4.41. The van der Waals surface area contributed by atoms with Crippen LogP contribution in [0.4, 0.5) is 9.93 Å². The normalized spacial score (nSPS) is 17.2. The second kappa shape index (κ2) is 5.06. The summed E-state index contributed by atoms with van der Waals surface area (Å²) in [4.78, 5) is 13.6. The van der Waals surface area contributed by atoms with Crippen LogP contribution in [-0.2, 0) is 0 Å². The van der Waals surface area contributed by atoms with Crippen molar-refractivity contribution in [2.45, 2.75) is 25.7 Å². The number of nitrogens with zero attached hydrogens (tertiary/aromatic N) is 3. The van der Waals surface area contributed by atoms with Gasteiger partial charge in [0, 0.05) is 13.1 Å². The topological polar surface area (TPSA) is 58.1 Å². The largest absolute Gasteiger partial charge is 0.324 e. The molecule has 5 nitrogen and oxygen atoms in total. The third kappa shape index (κ3) is 2.89. The van der Waals surface area contributed by atoms with Crippen LogP contribution in [0, 0.1) is 0 Å². The molecule has 1 fully saturated rings. The Morgan fingerprint density at radius 2 is 2.07 bits per heavy atom. The second-order valence-electron chi connectivity index (χ2n) is 3.58. The van der Waals surface area contributed by atoms with Crippen molar-refractivity contribution in [1.82, 2.24) is 15.1 Å². The van der Waals surface area contributed by atoms with Gasteiger partial charge >= 0.3 is 6.03 Å². The number of carbonyl (C=O) groups is 1. The van der Waals surface area contributed by atoms with Gasteiger partial charge in [-0.15, -0.1) is 10.2 Å². The van der Waals surface area contributed by atoms with Crippen LogP contribution >= 0.6 is 11.3 Å². The molecule has 0 unspecified atom stereocenters. The Hall–Kier alpha value is -1.17. The lowest BCUT2D eigenvalue weighted by atomic mass is 10.2. The monoisotopic (exact) mass is 226 g/mol. The van der Waals surface area contributed by atoms with Crippen molar-refractivity contribution in [3.63, 3.8) is 0 Å². The van der Waals surface area contributed by atoms with Crippen molar-refractivity contribution in [3.8, 4) is 0 Å². The molecular weight excluding hydrogens is 212 g/mol. The van der Waals surface area contributed by atoms with Crippen LogP contribution in [0.25, 0.3) is 0 Å². The minimum Gasteiger partial charge on any atom is -0.324 e. The number of urea groups is 1. The van der Waals surface area contributed by atoms with Gasteiger partial charge in [0.25, 0.3) is 0 Å². The van der Waals surface area contributed by atoms with Crippen LogP contribution in [0.2, 0.25) is 0 Å². The van der Waals surface area contributed by atoms with Crippen LogP contribution in [-0.4, -0.2) is 34.2 Å². The SMILES string of the molecule is O=C(Nc1nncs1)N1CCCCCC1. The molecule has 1 aromatic rings. The minimum absolute atomic E-state index is 0.0475. The Bertz CT molecular complexity index is 306. The van der Waals surface area contributed by atoms with Crippen molar-refractivity contribution < 1.29 is 4.79 Å². The van der Waals surface area contributed by atoms with E-state index in [9.17, 15) is 4.79 Å². The molecule has 0 radical (unpaired) electrons. The molecule has 2 rings (SSSR count). The number of nitrogens with one attached hydrogen (secondary N) is 1. The van der Waals surface area contributed by atoms with Crippen LogP contribution < -0.4 is 5.32 Å². The Morgan fingerprint density at radius 1 is 1.33 bits per heavy atom. The molecule has 1 N–H and O–H groups in total. The fourth-order valence-electron chi connectivity index (χ4n) is 1.67. The molecule has 0 spiro atoms. The number of carbonyl (C=O) groups excluding carboxylic acids is 1. The molecule has 1 aliphatic heterocycles. The summed E-state index contributed by atoms with van der Waals surface area (Å²) in [7, 11) is 0. The highest BCUT2D eigenvalue weighted by Crippen LogP contribution is 2.13. The predicted molar refractivity (Wildman–Crippen MR) is 59.0 cm³/mol. The van der Waals surface area contributed by atoms with Crippen molar-refractivity contribution in [1.29, 1.82) is 0 Å². The van der Waals surface area contributed by atoms with Gasteiger partial charge in [0.05, 0.1) is 0 Å². The maximum Gasteiger partial charge on any atom is 0.323 e. The van der Waals surface area contributed by atoms with Gasteiger partial charge < -0.3 is 4.90 Å². The average molecular weight is 226 g/mol. The van der Waals surface area contributed by atoms with E-state index in [-0.39, 0.29) is 6.03 Å². The smallest absolute Gasteiger partial charge is 0.323 e. The first-order valence-electron chi connectivity index (χ1n) is 5.18. The highest BCUT2D eigenvalue weighted by molar-refractivity contribution is 7.13. The molecule has 2 heterocycles. The molecule has 82 valence electrons. The maximum absolute atomic E-state index is 11.8. The molecule has 0 aromatic carbocycles. The standard InChI is InChI=1S/C9H14N4OS/c14-9(11-8-12-10-7-15-8)13-5-3-1-2-4-6-13/h7H,1-6H2,(H,11,12,14). The predicted octanol–water partition coefficient (Wildman–Crippen LogP) is 1.95. The van der Waals surface area contributed by atoms with E-state index in [2.05, 4.69) is 15.5 Å². The summed E-state index contributed by atoms with van der Waals surface area (Å²) in [6.45, 7) is 1.70. The Kier molecular flexibility index (Phi) is 3.49. The van der Waals surface area contributed by atoms with E-state index in [0.29, 0.717) is 5.13 Å². The molecule has 6 heteroatoms. The Labute approximate surface area is 92.5 Å².